The third kappa shape index (κ3) is 4.88. The van der Waals surface area contributed by atoms with Crippen molar-refractivity contribution in [3.63, 3.8) is 0 Å². The van der Waals surface area contributed by atoms with E-state index in [1.165, 1.54) is 0 Å². The van der Waals surface area contributed by atoms with Crippen molar-refractivity contribution >= 4 is 23.4 Å². The van der Waals surface area contributed by atoms with Gasteiger partial charge in [0.15, 0.2) is 0 Å². The fraction of sp³-hybridized carbons (Fsp3) is 0.500. The van der Waals surface area contributed by atoms with E-state index in [0.29, 0.717) is 30.8 Å². The van der Waals surface area contributed by atoms with Crippen LogP contribution in [0.1, 0.15) is 54.9 Å². The largest absolute Gasteiger partial charge is 0.480 e. The maximum atomic E-state index is 12.5. The van der Waals surface area contributed by atoms with Gasteiger partial charge in [-0.2, -0.15) is 0 Å². The van der Waals surface area contributed by atoms with E-state index in [-0.39, 0.29) is 24.2 Å². The van der Waals surface area contributed by atoms with Crippen molar-refractivity contribution in [3.05, 3.63) is 35.3 Å². The van der Waals surface area contributed by atoms with Crippen LogP contribution in [0.4, 0.5) is 0 Å². The zero-order valence-electron chi connectivity index (χ0n) is 16.8. The number of aliphatic carboxylic acids is 1. The predicted molar refractivity (Wildman–Crippen MR) is 105 cm³/mol. The van der Waals surface area contributed by atoms with Gasteiger partial charge in [0, 0.05) is 19.2 Å². The Morgan fingerprint density at radius 1 is 1.29 bits per heavy atom. The van der Waals surface area contributed by atoms with Crippen LogP contribution in [-0.2, 0) is 9.59 Å². The number of fused-ring (bicyclic) bond motifs is 1. The number of hydrogen-bond acceptors (Lipinski definition) is 4. The highest BCUT2D eigenvalue weighted by molar-refractivity contribution is 5.94. The number of carboxylic acids is 1. The second-order valence-electron chi connectivity index (χ2n) is 7.06. The van der Waals surface area contributed by atoms with E-state index in [1.54, 1.807) is 24.4 Å². The molecule has 0 fully saturated rings. The summed E-state index contributed by atoms with van der Waals surface area (Å²) in [5, 5.41) is 14.6. The zero-order chi connectivity index (χ0) is 20.8. The highest BCUT2D eigenvalue weighted by Gasteiger charge is 2.25. The first-order valence-corrected chi connectivity index (χ1v) is 9.50. The molecule has 28 heavy (non-hydrogen) atoms. The summed E-state index contributed by atoms with van der Waals surface area (Å²) in [5.74, 6) is -1.76. The predicted octanol–water partition coefficient (Wildman–Crippen LogP) is 2.08. The van der Waals surface area contributed by atoms with Crippen LogP contribution in [0.25, 0.3) is 5.65 Å². The number of hydrogen-bond donors (Lipinski definition) is 3. The van der Waals surface area contributed by atoms with Gasteiger partial charge in [-0.05, 0) is 37.8 Å². The summed E-state index contributed by atoms with van der Waals surface area (Å²) in [6.07, 6.45) is 3.02. The molecule has 2 rings (SSSR count). The van der Waals surface area contributed by atoms with Gasteiger partial charge in [-0.1, -0.05) is 26.3 Å². The van der Waals surface area contributed by atoms with Crippen molar-refractivity contribution < 1.29 is 19.5 Å². The number of carbonyl (C=O) groups excluding carboxylic acids is 2. The van der Waals surface area contributed by atoms with Gasteiger partial charge >= 0.3 is 5.97 Å². The Balaban J connectivity index is 1.88. The van der Waals surface area contributed by atoms with Crippen LogP contribution in [0, 0.1) is 19.8 Å². The smallest absolute Gasteiger partial charge is 0.326 e. The zero-order valence-corrected chi connectivity index (χ0v) is 16.8. The Morgan fingerprint density at radius 3 is 2.64 bits per heavy atom. The monoisotopic (exact) mass is 388 g/mol. The van der Waals surface area contributed by atoms with Gasteiger partial charge in [-0.25, -0.2) is 9.78 Å². The van der Waals surface area contributed by atoms with E-state index >= 15 is 0 Å². The third-order valence-corrected chi connectivity index (χ3v) is 4.90. The van der Waals surface area contributed by atoms with E-state index in [4.69, 9.17) is 0 Å². The summed E-state index contributed by atoms with van der Waals surface area (Å²) in [6.45, 7) is 7.71. The van der Waals surface area contributed by atoms with Crippen LogP contribution in [0.3, 0.4) is 0 Å². The lowest BCUT2D eigenvalue weighted by Gasteiger charge is -2.20. The maximum Gasteiger partial charge on any atom is 0.326 e. The molecule has 152 valence electrons. The van der Waals surface area contributed by atoms with E-state index in [9.17, 15) is 19.5 Å². The fourth-order valence-electron chi connectivity index (χ4n) is 3.05. The lowest BCUT2D eigenvalue weighted by molar-refractivity contribution is -0.143. The van der Waals surface area contributed by atoms with E-state index in [0.717, 1.165) is 11.2 Å². The molecule has 2 atom stereocenters. The summed E-state index contributed by atoms with van der Waals surface area (Å²) in [7, 11) is 0. The summed E-state index contributed by atoms with van der Waals surface area (Å²) in [5.41, 5.74) is 2.85. The molecule has 8 nitrogen and oxygen atoms in total. The molecule has 2 unspecified atom stereocenters. The average molecular weight is 388 g/mol. The Morgan fingerprint density at radius 2 is 2.00 bits per heavy atom. The molecule has 0 aliphatic carbocycles. The topological polar surface area (TPSA) is 113 Å². The normalized spacial score (nSPS) is 13.1. The van der Waals surface area contributed by atoms with E-state index in [2.05, 4.69) is 15.6 Å². The first kappa shape index (κ1) is 21.4. The van der Waals surface area contributed by atoms with Crippen molar-refractivity contribution in [1.82, 2.24) is 20.0 Å². The van der Waals surface area contributed by atoms with Crippen LogP contribution in [-0.4, -0.2) is 44.9 Å². The van der Waals surface area contributed by atoms with Crippen molar-refractivity contribution in [2.75, 3.05) is 6.54 Å². The molecule has 2 heterocycles. The second kappa shape index (κ2) is 9.34. The van der Waals surface area contributed by atoms with Crippen molar-refractivity contribution in [2.45, 2.75) is 53.0 Å². The van der Waals surface area contributed by atoms with Crippen LogP contribution in [0.5, 0.6) is 0 Å². The number of nitrogens with zero attached hydrogens (tertiary/aromatic N) is 2. The number of nitrogens with one attached hydrogen (secondary N) is 2. The van der Waals surface area contributed by atoms with Gasteiger partial charge in [-0.3, -0.25) is 14.0 Å². The highest BCUT2D eigenvalue weighted by Crippen LogP contribution is 2.15. The summed E-state index contributed by atoms with van der Waals surface area (Å²) < 4.78 is 1.76. The first-order chi connectivity index (χ1) is 13.3. The summed E-state index contributed by atoms with van der Waals surface area (Å²) in [6, 6.07) is 2.91. The number of pyridine rings is 1. The van der Waals surface area contributed by atoms with E-state index < -0.39 is 12.0 Å². The molecule has 0 aromatic carbocycles. The number of aromatic nitrogens is 2. The Hall–Kier alpha value is -2.90. The molecule has 0 bridgehead atoms. The Kier molecular flexibility index (Phi) is 7.14. The van der Waals surface area contributed by atoms with Crippen LogP contribution < -0.4 is 10.6 Å². The molecule has 8 heteroatoms. The number of aryl methyl sites for hydroxylation is 2. The van der Waals surface area contributed by atoms with Crippen molar-refractivity contribution in [1.29, 1.82) is 0 Å². The minimum atomic E-state index is -1.03. The molecule has 0 saturated carbocycles. The lowest BCUT2D eigenvalue weighted by atomic mass is 9.99. The van der Waals surface area contributed by atoms with Gasteiger partial charge in [0.1, 0.15) is 17.4 Å². The molecule has 0 aliphatic heterocycles. The standard InChI is InChI=1S/C20H28N4O4/c1-5-12(2)16(20(27)28)23-15(25)9-6-10-21-19(26)17-14(4)22-18-13(3)8-7-11-24(17)18/h7-8,11-12,16H,5-6,9-10H2,1-4H3,(H,21,26)(H,23,25)(H,27,28). The first-order valence-electron chi connectivity index (χ1n) is 9.50. The third-order valence-electron chi connectivity index (χ3n) is 4.90. The number of imidazole rings is 1. The average Bonchev–Trinajstić information content (AvgIpc) is 2.99. The number of carbonyl (C=O) groups is 3. The minimum absolute atomic E-state index is 0.145. The molecular weight excluding hydrogens is 360 g/mol. The van der Waals surface area contributed by atoms with Crippen molar-refractivity contribution in [3.8, 4) is 0 Å². The number of rotatable bonds is 9. The van der Waals surface area contributed by atoms with Gasteiger partial charge in [0.05, 0.1) is 5.69 Å². The minimum Gasteiger partial charge on any atom is -0.480 e. The molecule has 2 aromatic rings. The SMILES string of the molecule is CCC(C)C(NC(=O)CCCNC(=O)c1c(C)nc2c(C)cccn12)C(=O)O. The molecule has 0 radical (unpaired) electrons. The Labute approximate surface area is 164 Å². The number of carboxylic acid groups (broad SMARTS) is 1. The second-order valence-corrected chi connectivity index (χ2v) is 7.06. The highest BCUT2D eigenvalue weighted by atomic mass is 16.4. The molecule has 3 N–H and O–H groups in total. The maximum absolute atomic E-state index is 12.5. The summed E-state index contributed by atoms with van der Waals surface area (Å²) >= 11 is 0. The molecule has 2 aromatic heterocycles. The summed E-state index contributed by atoms with van der Waals surface area (Å²) in [4.78, 5) is 40.3. The fourth-order valence-corrected chi connectivity index (χ4v) is 3.05. The molecule has 0 spiro atoms. The van der Waals surface area contributed by atoms with Crippen LogP contribution in [0.15, 0.2) is 18.3 Å². The van der Waals surface area contributed by atoms with Gasteiger partial charge in [0.2, 0.25) is 5.91 Å². The molecule has 0 saturated heterocycles. The van der Waals surface area contributed by atoms with Gasteiger partial charge in [-0.15, -0.1) is 0 Å². The quantitative estimate of drug-likeness (QED) is 0.569. The van der Waals surface area contributed by atoms with E-state index in [1.807, 2.05) is 26.0 Å². The molecule has 0 aliphatic rings. The van der Waals surface area contributed by atoms with Gasteiger partial charge in [0.25, 0.3) is 5.91 Å². The molecule has 2 amide bonds. The number of amides is 2. The van der Waals surface area contributed by atoms with Gasteiger partial charge < -0.3 is 15.7 Å². The molecular formula is C20H28N4O4. The Bertz CT molecular complexity index is 874. The van der Waals surface area contributed by atoms with Crippen LogP contribution >= 0.6 is 0 Å². The van der Waals surface area contributed by atoms with Crippen LogP contribution in [0.2, 0.25) is 0 Å². The van der Waals surface area contributed by atoms with Crippen molar-refractivity contribution in [2.24, 2.45) is 5.92 Å². The lowest BCUT2D eigenvalue weighted by Crippen LogP contribution is -2.45.